The molecule has 0 radical (unpaired) electrons. The second-order valence-electron chi connectivity index (χ2n) is 6.26. The van der Waals surface area contributed by atoms with Crippen LogP contribution in [-0.4, -0.2) is 78.4 Å². The Balaban J connectivity index is 1.64. The maximum absolute atomic E-state index is 2.65. The van der Waals surface area contributed by atoms with E-state index < -0.39 is 0 Å². The quantitative estimate of drug-likeness (QED) is 0.653. The Morgan fingerprint density at radius 2 is 1.47 bits per heavy atom. The van der Waals surface area contributed by atoms with E-state index in [1.165, 1.54) is 65.4 Å². The summed E-state index contributed by atoms with van der Waals surface area (Å²) in [6, 6.07) is 0. The predicted molar refractivity (Wildman–Crippen MR) is 69.6 cm³/mol. The lowest BCUT2D eigenvalue weighted by Gasteiger charge is -2.63. The van der Waals surface area contributed by atoms with Crippen LogP contribution in [0.5, 0.6) is 0 Å². The number of unbranched alkanes of at least 4 members (excludes halogenated alkanes) is 2. The average Bonchev–Trinajstić information content (AvgIpc) is 2.27. The molecule has 4 rings (SSSR count). The molecule has 0 amide bonds. The number of likely N-dealkylation sites (N-methyl/N-ethyl adjacent to an activating group) is 1. The molecule has 0 aromatic heterocycles. The van der Waals surface area contributed by atoms with E-state index in [1.54, 1.807) is 0 Å². The smallest absolute Gasteiger partial charge is 0.0591 e. The molecule has 0 aromatic carbocycles. The van der Waals surface area contributed by atoms with E-state index >= 15 is 0 Å². The third-order valence-electron chi connectivity index (χ3n) is 4.66. The van der Waals surface area contributed by atoms with Gasteiger partial charge < -0.3 is 0 Å². The van der Waals surface area contributed by atoms with Crippen LogP contribution >= 0.6 is 0 Å². The highest BCUT2D eigenvalue weighted by Gasteiger charge is 2.50. The molecule has 4 aliphatic rings. The maximum atomic E-state index is 2.65. The van der Waals surface area contributed by atoms with Crippen LogP contribution in [-0.2, 0) is 0 Å². The van der Waals surface area contributed by atoms with Gasteiger partial charge in [0.05, 0.1) is 25.5 Å². The minimum Gasteiger partial charge on any atom is -0.297 e. The lowest BCUT2D eigenvalue weighted by molar-refractivity contribution is -0.179. The number of hydrogen-bond donors (Lipinski definition) is 0. The predicted octanol–water partition coefficient (Wildman–Crippen LogP) is 0.667. The molecular weight excluding hydrogens is 212 g/mol. The van der Waals surface area contributed by atoms with Crippen molar-refractivity contribution in [3.05, 3.63) is 0 Å². The third kappa shape index (κ3) is 2.12. The summed E-state index contributed by atoms with van der Waals surface area (Å²) in [5.74, 6) is 0. The van der Waals surface area contributed by atoms with Crippen molar-refractivity contribution >= 4 is 0 Å². The molecular formula is C13H26N4. The van der Waals surface area contributed by atoms with Crippen molar-refractivity contribution in [3.63, 3.8) is 0 Å². The van der Waals surface area contributed by atoms with Gasteiger partial charge in [0.15, 0.2) is 0 Å². The van der Waals surface area contributed by atoms with E-state index in [9.17, 15) is 0 Å². The second-order valence-corrected chi connectivity index (χ2v) is 6.26. The molecule has 4 saturated heterocycles. The fourth-order valence-electron chi connectivity index (χ4n) is 3.88. The van der Waals surface area contributed by atoms with Crippen molar-refractivity contribution in [2.45, 2.75) is 31.7 Å². The van der Waals surface area contributed by atoms with Crippen LogP contribution in [0.1, 0.15) is 26.2 Å². The zero-order valence-electron chi connectivity index (χ0n) is 11.4. The highest BCUT2D eigenvalue weighted by atomic mass is 15.6. The topological polar surface area (TPSA) is 13.0 Å². The summed E-state index contributed by atoms with van der Waals surface area (Å²) in [6.07, 6.45) is 4.05. The molecule has 0 unspecified atom stereocenters. The second kappa shape index (κ2) is 4.50. The van der Waals surface area contributed by atoms with Gasteiger partial charge in [-0.3, -0.25) is 19.6 Å². The minimum absolute atomic E-state index is 0.419. The molecule has 4 bridgehead atoms. The molecule has 17 heavy (non-hydrogen) atoms. The SMILES string of the molecule is CCCCCN(C)C12CN3CN(CN(C3)C1)C2. The first-order chi connectivity index (χ1) is 8.22. The number of nitrogens with zero attached hydrogens (tertiary/aromatic N) is 4. The molecule has 4 heterocycles. The molecule has 4 heteroatoms. The highest BCUT2D eigenvalue weighted by Crippen LogP contribution is 2.32. The Morgan fingerprint density at radius 1 is 0.941 bits per heavy atom. The highest BCUT2D eigenvalue weighted by molar-refractivity contribution is 5.05. The first kappa shape index (κ1) is 11.9. The van der Waals surface area contributed by atoms with Gasteiger partial charge in [-0.15, -0.1) is 0 Å². The summed E-state index contributed by atoms with van der Waals surface area (Å²) in [4.78, 5) is 10.5. The van der Waals surface area contributed by atoms with E-state index in [1.807, 2.05) is 0 Å². The fraction of sp³-hybridized carbons (Fsp3) is 1.00. The van der Waals surface area contributed by atoms with Crippen molar-refractivity contribution < 1.29 is 0 Å². The lowest BCUT2D eigenvalue weighted by Crippen LogP contribution is -2.79. The Kier molecular flexibility index (Phi) is 3.15. The Morgan fingerprint density at radius 3 is 1.94 bits per heavy atom. The molecule has 0 spiro atoms. The van der Waals surface area contributed by atoms with E-state index in [0.717, 1.165) is 0 Å². The normalized spacial score (nSPS) is 43.6. The van der Waals surface area contributed by atoms with E-state index in [-0.39, 0.29) is 0 Å². The summed E-state index contributed by atoms with van der Waals surface area (Å²) in [5.41, 5.74) is 0.419. The van der Waals surface area contributed by atoms with Gasteiger partial charge in [-0.25, -0.2) is 0 Å². The molecule has 0 N–H and O–H groups in total. The summed E-state index contributed by atoms with van der Waals surface area (Å²) in [7, 11) is 2.34. The number of rotatable bonds is 5. The first-order valence-electron chi connectivity index (χ1n) is 7.10. The molecule has 4 nitrogen and oxygen atoms in total. The van der Waals surface area contributed by atoms with E-state index in [2.05, 4.69) is 33.6 Å². The van der Waals surface area contributed by atoms with Crippen LogP contribution in [0.15, 0.2) is 0 Å². The van der Waals surface area contributed by atoms with Gasteiger partial charge in [0.1, 0.15) is 0 Å². The monoisotopic (exact) mass is 238 g/mol. The van der Waals surface area contributed by atoms with Gasteiger partial charge in [-0.05, 0) is 20.0 Å². The van der Waals surface area contributed by atoms with E-state index in [4.69, 9.17) is 0 Å². The van der Waals surface area contributed by atoms with Crippen molar-refractivity contribution in [3.8, 4) is 0 Å². The zero-order valence-corrected chi connectivity index (χ0v) is 11.4. The van der Waals surface area contributed by atoms with E-state index in [0.29, 0.717) is 5.54 Å². The summed E-state index contributed by atoms with van der Waals surface area (Å²) < 4.78 is 0. The Labute approximate surface area is 105 Å². The fourth-order valence-corrected chi connectivity index (χ4v) is 3.88. The van der Waals surface area contributed by atoms with Gasteiger partial charge in [0, 0.05) is 19.6 Å². The van der Waals surface area contributed by atoms with Gasteiger partial charge in [0.25, 0.3) is 0 Å². The van der Waals surface area contributed by atoms with Crippen LogP contribution in [0.4, 0.5) is 0 Å². The molecule has 0 aliphatic carbocycles. The Bertz CT molecular complexity index is 243. The van der Waals surface area contributed by atoms with Crippen molar-refractivity contribution in [1.82, 2.24) is 19.6 Å². The summed E-state index contributed by atoms with van der Waals surface area (Å²) >= 11 is 0. The largest absolute Gasteiger partial charge is 0.297 e. The van der Waals surface area contributed by atoms with Gasteiger partial charge >= 0.3 is 0 Å². The molecule has 4 aliphatic heterocycles. The van der Waals surface area contributed by atoms with Crippen molar-refractivity contribution in [2.24, 2.45) is 0 Å². The van der Waals surface area contributed by atoms with Crippen LogP contribution in [0.25, 0.3) is 0 Å². The van der Waals surface area contributed by atoms with Crippen molar-refractivity contribution in [2.75, 3.05) is 53.2 Å². The lowest BCUT2D eigenvalue weighted by atomic mass is 9.89. The van der Waals surface area contributed by atoms with Crippen LogP contribution in [0.3, 0.4) is 0 Å². The Hall–Kier alpha value is -0.160. The van der Waals surface area contributed by atoms with Gasteiger partial charge in [-0.2, -0.15) is 0 Å². The maximum Gasteiger partial charge on any atom is 0.0591 e. The first-order valence-corrected chi connectivity index (χ1v) is 7.10. The average molecular weight is 238 g/mol. The van der Waals surface area contributed by atoms with Gasteiger partial charge in [0.2, 0.25) is 0 Å². The standard InChI is InChI=1S/C13H26N4/c1-3-4-5-6-14(2)13-7-15-10-16(8-13)12-17(9-13)11-15/h3-12H2,1-2H3. The van der Waals surface area contributed by atoms with Crippen LogP contribution < -0.4 is 0 Å². The third-order valence-corrected chi connectivity index (χ3v) is 4.66. The van der Waals surface area contributed by atoms with Crippen molar-refractivity contribution in [1.29, 1.82) is 0 Å². The molecule has 98 valence electrons. The molecule has 0 aromatic rings. The number of hydrogen-bond acceptors (Lipinski definition) is 4. The molecule has 0 atom stereocenters. The summed E-state index contributed by atoms with van der Waals surface area (Å²) in [5, 5.41) is 0. The summed E-state index contributed by atoms with van der Waals surface area (Å²) in [6.45, 7) is 11.0. The zero-order chi connectivity index (χ0) is 11.9. The van der Waals surface area contributed by atoms with Crippen LogP contribution in [0.2, 0.25) is 0 Å². The molecule has 0 saturated carbocycles. The minimum atomic E-state index is 0.419. The molecule has 4 fully saturated rings. The van der Waals surface area contributed by atoms with Gasteiger partial charge in [-0.1, -0.05) is 19.8 Å². The van der Waals surface area contributed by atoms with Crippen LogP contribution in [0, 0.1) is 0 Å².